The lowest BCUT2D eigenvalue weighted by Crippen LogP contribution is -2.23. The van der Waals surface area contributed by atoms with Gasteiger partial charge < -0.3 is 5.32 Å². The first kappa shape index (κ1) is 20.2. The van der Waals surface area contributed by atoms with Crippen LogP contribution in [0.2, 0.25) is 0 Å². The quantitative estimate of drug-likeness (QED) is 0.408. The second-order valence-corrected chi connectivity index (χ2v) is 7.06. The normalized spacial score (nSPS) is 11.5. The maximum Gasteiger partial charge on any atom is 0.433 e. The van der Waals surface area contributed by atoms with Gasteiger partial charge in [0.05, 0.1) is 22.8 Å². The molecule has 156 valence electrons. The van der Waals surface area contributed by atoms with Gasteiger partial charge in [-0.15, -0.1) is 0 Å². The van der Waals surface area contributed by atoms with Crippen LogP contribution in [-0.2, 0) is 11.4 Å². The summed E-state index contributed by atoms with van der Waals surface area (Å²) in [4.78, 5) is 26.5. The Kier molecular flexibility index (Phi) is 5.70. The summed E-state index contributed by atoms with van der Waals surface area (Å²) in [6, 6.07) is 19.3. The van der Waals surface area contributed by atoms with Crippen LogP contribution in [0.5, 0.6) is 0 Å². The SMILES string of the molecule is Cc1nc2c(C)nn(-c3ccccc3)c2nc(C)/c1=N\OC(=O)NCc1ccccc1. The van der Waals surface area contributed by atoms with Gasteiger partial charge >= 0.3 is 6.09 Å². The van der Waals surface area contributed by atoms with E-state index in [9.17, 15) is 4.79 Å². The molecule has 2 aromatic carbocycles. The highest BCUT2D eigenvalue weighted by Gasteiger charge is 2.13. The van der Waals surface area contributed by atoms with E-state index in [0.29, 0.717) is 34.5 Å². The average Bonchev–Trinajstić information content (AvgIpc) is 3.01. The molecular weight excluding hydrogens is 392 g/mol. The third kappa shape index (κ3) is 4.42. The number of hydrogen-bond acceptors (Lipinski definition) is 6. The van der Waals surface area contributed by atoms with Gasteiger partial charge in [-0.2, -0.15) is 5.10 Å². The number of benzene rings is 2. The summed E-state index contributed by atoms with van der Waals surface area (Å²) >= 11 is 0. The predicted molar refractivity (Wildman–Crippen MR) is 116 cm³/mol. The fourth-order valence-corrected chi connectivity index (χ4v) is 3.20. The number of fused-ring (bicyclic) bond motifs is 1. The molecule has 0 radical (unpaired) electrons. The molecule has 2 aromatic heterocycles. The number of amides is 1. The number of aryl methyl sites for hydroxylation is 3. The van der Waals surface area contributed by atoms with Crippen molar-refractivity contribution in [2.75, 3.05) is 0 Å². The Morgan fingerprint density at radius 1 is 0.935 bits per heavy atom. The average molecular weight is 414 g/mol. The summed E-state index contributed by atoms with van der Waals surface area (Å²) in [5, 5.41) is 11.7. The number of aromatic nitrogens is 4. The van der Waals surface area contributed by atoms with Crippen molar-refractivity contribution in [2.24, 2.45) is 5.16 Å². The summed E-state index contributed by atoms with van der Waals surface area (Å²) in [6.45, 7) is 5.84. The Morgan fingerprint density at radius 2 is 1.58 bits per heavy atom. The van der Waals surface area contributed by atoms with Gasteiger partial charge in [-0.1, -0.05) is 53.7 Å². The molecule has 1 amide bonds. The van der Waals surface area contributed by atoms with E-state index in [1.165, 1.54) is 0 Å². The van der Waals surface area contributed by atoms with Gasteiger partial charge in [0.2, 0.25) is 0 Å². The van der Waals surface area contributed by atoms with Gasteiger partial charge in [-0.25, -0.2) is 19.4 Å². The van der Waals surface area contributed by atoms with Crippen molar-refractivity contribution >= 4 is 17.3 Å². The fourth-order valence-electron chi connectivity index (χ4n) is 3.20. The molecule has 8 nitrogen and oxygen atoms in total. The van der Waals surface area contributed by atoms with E-state index in [0.717, 1.165) is 16.9 Å². The first-order valence-electron chi connectivity index (χ1n) is 9.86. The van der Waals surface area contributed by atoms with Gasteiger partial charge in [0.25, 0.3) is 0 Å². The zero-order valence-corrected chi connectivity index (χ0v) is 17.5. The highest BCUT2D eigenvalue weighted by atomic mass is 16.7. The summed E-state index contributed by atoms with van der Waals surface area (Å²) in [6.07, 6.45) is -0.648. The number of nitrogens with one attached hydrogen (secondary N) is 1. The maximum absolute atomic E-state index is 12.1. The summed E-state index contributed by atoms with van der Waals surface area (Å²) in [5.41, 5.74) is 5.04. The van der Waals surface area contributed by atoms with Crippen LogP contribution in [0.15, 0.2) is 65.8 Å². The molecule has 2 heterocycles. The van der Waals surface area contributed by atoms with E-state index in [2.05, 4.69) is 20.6 Å². The largest absolute Gasteiger partial charge is 0.433 e. The van der Waals surface area contributed by atoms with Crippen LogP contribution in [0.4, 0.5) is 4.79 Å². The molecule has 0 bridgehead atoms. The fraction of sp³-hybridized carbons (Fsp3) is 0.174. The van der Waals surface area contributed by atoms with E-state index in [1.807, 2.05) is 67.6 Å². The number of carbonyl (C=O) groups excluding carboxylic acids is 1. The van der Waals surface area contributed by atoms with Crippen molar-refractivity contribution in [2.45, 2.75) is 27.3 Å². The monoisotopic (exact) mass is 414 g/mol. The third-order valence-electron chi connectivity index (χ3n) is 4.74. The van der Waals surface area contributed by atoms with Gasteiger partial charge in [0, 0.05) is 6.54 Å². The minimum Gasteiger partial charge on any atom is -0.316 e. The van der Waals surface area contributed by atoms with Crippen molar-refractivity contribution in [1.82, 2.24) is 25.1 Å². The third-order valence-corrected chi connectivity index (χ3v) is 4.74. The molecule has 8 heteroatoms. The molecule has 0 fully saturated rings. The number of hydrogen-bond donors (Lipinski definition) is 1. The van der Waals surface area contributed by atoms with Crippen LogP contribution < -0.4 is 10.7 Å². The smallest absolute Gasteiger partial charge is 0.316 e. The minimum absolute atomic E-state index is 0.349. The van der Waals surface area contributed by atoms with Crippen LogP contribution in [-0.4, -0.2) is 25.8 Å². The van der Waals surface area contributed by atoms with E-state index in [4.69, 9.17) is 9.82 Å². The lowest BCUT2D eigenvalue weighted by atomic mass is 10.2. The predicted octanol–water partition coefficient (Wildman–Crippen LogP) is 3.48. The van der Waals surface area contributed by atoms with Crippen LogP contribution in [0.25, 0.3) is 16.9 Å². The van der Waals surface area contributed by atoms with Crippen LogP contribution in [0, 0.1) is 20.8 Å². The van der Waals surface area contributed by atoms with E-state index < -0.39 is 6.09 Å². The molecule has 0 atom stereocenters. The zero-order chi connectivity index (χ0) is 21.8. The first-order valence-corrected chi connectivity index (χ1v) is 9.86. The molecule has 31 heavy (non-hydrogen) atoms. The van der Waals surface area contributed by atoms with Crippen molar-refractivity contribution in [3.05, 3.63) is 88.7 Å². The van der Waals surface area contributed by atoms with Crippen molar-refractivity contribution in [1.29, 1.82) is 0 Å². The van der Waals surface area contributed by atoms with Crippen molar-refractivity contribution in [3.8, 4) is 5.69 Å². The standard InChI is InChI=1S/C23H22N6O2/c1-15-20(28-31-23(30)24-14-18-10-6-4-7-11-18)16(2)26-22-21(25-15)17(3)27-29(22)19-12-8-5-9-13-19/h4-13H,14H2,1-3H3,(H,24,30)/b28-20-. The summed E-state index contributed by atoms with van der Waals surface area (Å²) in [7, 11) is 0. The van der Waals surface area contributed by atoms with Crippen LogP contribution >= 0.6 is 0 Å². The summed E-state index contributed by atoms with van der Waals surface area (Å²) < 4.78 is 1.75. The van der Waals surface area contributed by atoms with Crippen molar-refractivity contribution in [3.63, 3.8) is 0 Å². The highest BCUT2D eigenvalue weighted by Crippen LogP contribution is 2.17. The van der Waals surface area contributed by atoms with Crippen LogP contribution in [0.1, 0.15) is 22.6 Å². The molecule has 0 aliphatic carbocycles. The topological polar surface area (TPSA) is 94.3 Å². The second kappa shape index (κ2) is 8.74. The molecule has 4 aromatic rings. The number of rotatable bonds is 4. The number of carbonyl (C=O) groups is 1. The number of para-hydroxylation sites is 1. The minimum atomic E-state index is -0.648. The maximum atomic E-state index is 12.1. The van der Waals surface area contributed by atoms with E-state index >= 15 is 0 Å². The lowest BCUT2D eigenvalue weighted by Gasteiger charge is -2.02. The number of nitrogens with zero attached hydrogens (tertiary/aromatic N) is 5. The highest BCUT2D eigenvalue weighted by molar-refractivity contribution is 5.75. The molecule has 0 saturated carbocycles. The second-order valence-electron chi connectivity index (χ2n) is 7.06. The zero-order valence-electron chi connectivity index (χ0n) is 17.5. The Hall–Kier alpha value is -4.07. The van der Waals surface area contributed by atoms with Gasteiger partial charge in [-0.3, -0.25) is 4.84 Å². The lowest BCUT2D eigenvalue weighted by molar-refractivity contribution is 0.145. The Morgan fingerprint density at radius 3 is 2.29 bits per heavy atom. The van der Waals surface area contributed by atoms with Gasteiger partial charge in [-0.05, 0) is 38.5 Å². The Balaban J connectivity index is 1.66. The molecule has 0 unspecified atom stereocenters. The molecule has 4 rings (SSSR count). The summed E-state index contributed by atoms with van der Waals surface area (Å²) in [5.74, 6) is 0. The Bertz CT molecular complexity index is 1300. The molecule has 0 spiro atoms. The molecule has 0 saturated heterocycles. The van der Waals surface area contributed by atoms with Crippen LogP contribution in [0.3, 0.4) is 0 Å². The first-order chi connectivity index (χ1) is 15.0. The van der Waals surface area contributed by atoms with E-state index in [1.54, 1.807) is 18.5 Å². The Labute approximate surface area is 179 Å². The van der Waals surface area contributed by atoms with Gasteiger partial charge in [0.1, 0.15) is 10.9 Å². The molecular formula is C23H22N6O2. The molecule has 0 aliphatic rings. The van der Waals surface area contributed by atoms with Crippen molar-refractivity contribution < 1.29 is 9.63 Å². The molecule has 1 N–H and O–H groups in total. The van der Waals surface area contributed by atoms with E-state index in [-0.39, 0.29) is 0 Å². The van der Waals surface area contributed by atoms with Gasteiger partial charge in [0.15, 0.2) is 5.65 Å². The molecule has 0 aliphatic heterocycles.